The Kier molecular flexibility index (Phi) is 4.49. The predicted molar refractivity (Wildman–Crippen MR) is 105 cm³/mol. The number of thioether (sulfide) groups is 1. The molecule has 8 heteroatoms. The lowest BCUT2D eigenvalue weighted by molar-refractivity contribution is 0.753. The number of H-pyrrole nitrogens is 1. The minimum atomic E-state index is -0.142. The van der Waals surface area contributed by atoms with E-state index in [9.17, 15) is 4.79 Å². The summed E-state index contributed by atoms with van der Waals surface area (Å²) in [6.45, 7) is 6.09. The first kappa shape index (κ1) is 17.4. The fourth-order valence-electron chi connectivity index (χ4n) is 2.78. The highest BCUT2D eigenvalue weighted by atomic mass is 32.2. The maximum Gasteiger partial charge on any atom is 0.258 e. The molecule has 0 amide bonds. The number of nitrogens with zero attached hydrogens (tertiary/aromatic N) is 5. The molecule has 1 atom stereocenters. The molecule has 0 aliphatic rings. The zero-order valence-electron chi connectivity index (χ0n) is 15.2. The van der Waals surface area contributed by atoms with Crippen LogP contribution in [0.1, 0.15) is 29.1 Å². The van der Waals surface area contributed by atoms with E-state index in [0.29, 0.717) is 21.9 Å². The monoisotopic (exact) mass is 378 g/mol. The van der Waals surface area contributed by atoms with Gasteiger partial charge in [-0.25, -0.2) is 4.98 Å². The Morgan fingerprint density at radius 3 is 2.74 bits per heavy atom. The highest BCUT2D eigenvalue weighted by Gasteiger charge is 2.17. The van der Waals surface area contributed by atoms with E-state index in [-0.39, 0.29) is 10.8 Å². The van der Waals surface area contributed by atoms with Crippen molar-refractivity contribution in [3.05, 3.63) is 69.8 Å². The highest BCUT2D eigenvalue weighted by Crippen LogP contribution is 2.32. The van der Waals surface area contributed by atoms with E-state index in [2.05, 4.69) is 45.4 Å². The average molecular weight is 378 g/mol. The van der Waals surface area contributed by atoms with E-state index in [1.54, 1.807) is 10.7 Å². The van der Waals surface area contributed by atoms with Crippen molar-refractivity contribution in [3.63, 3.8) is 0 Å². The zero-order valence-corrected chi connectivity index (χ0v) is 16.0. The standard InChI is InChI=1S/C19H18N6OS/c1-11-8-9-14(10-12(11)2)25-19(22-23-24-25)27-13(3)17-20-16-7-5-4-6-15(16)18(26)21-17/h4-10,13H,1-3H3,(H,20,21,26)/t13-/m0/s1. The fourth-order valence-corrected chi connectivity index (χ4v) is 3.65. The first-order chi connectivity index (χ1) is 13.0. The molecule has 4 aromatic rings. The van der Waals surface area contributed by atoms with E-state index in [0.717, 1.165) is 5.69 Å². The fraction of sp³-hybridized carbons (Fsp3) is 0.211. The van der Waals surface area contributed by atoms with Crippen LogP contribution in [0.25, 0.3) is 16.6 Å². The van der Waals surface area contributed by atoms with E-state index in [1.165, 1.54) is 22.9 Å². The smallest absolute Gasteiger partial charge is 0.258 e. The number of aromatic amines is 1. The summed E-state index contributed by atoms with van der Waals surface area (Å²) >= 11 is 1.45. The number of aryl methyl sites for hydroxylation is 2. The lowest BCUT2D eigenvalue weighted by Crippen LogP contribution is -2.13. The van der Waals surface area contributed by atoms with Gasteiger partial charge in [-0.05, 0) is 66.6 Å². The van der Waals surface area contributed by atoms with Crippen molar-refractivity contribution in [2.75, 3.05) is 0 Å². The Labute approximate surface area is 159 Å². The van der Waals surface area contributed by atoms with Crippen molar-refractivity contribution in [1.82, 2.24) is 30.2 Å². The average Bonchev–Trinajstić information content (AvgIpc) is 3.12. The molecular formula is C19H18N6OS. The van der Waals surface area contributed by atoms with Gasteiger partial charge in [-0.15, -0.1) is 5.10 Å². The maximum absolute atomic E-state index is 12.3. The zero-order chi connectivity index (χ0) is 19.0. The Hall–Kier alpha value is -3.00. The summed E-state index contributed by atoms with van der Waals surface area (Å²) in [5.41, 5.74) is 3.83. The molecule has 0 unspecified atom stereocenters. The SMILES string of the molecule is Cc1ccc(-n2nnnc2S[C@@H](C)c2nc3ccccc3c(=O)[nH]2)cc1C. The second kappa shape index (κ2) is 6.96. The van der Waals surface area contributed by atoms with Crippen LogP contribution in [0.15, 0.2) is 52.4 Å². The van der Waals surface area contributed by atoms with Gasteiger partial charge in [0.1, 0.15) is 5.82 Å². The summed E-state index contributed by atoms with van der Waals surface area (Å²) in [6.07, 6.45) is 0. The quantitative estimate of drug-likeness (QED) is 0.548. The van der Waals surface area contributed by atoms with Crippen molar-refractivity contribution in [1.29, 1.82) is 0 Å². The van der Waals surface area contributed by atoms with Crippen LogP contribution in [0.5, 0.6) is 0 Å². The Bertz CT molecular complexity index is 1180. The molecule has 7 nitrogen and oxygen atoms in total. The topological polar surface area (TPSA) is 89.3 Å². The van der Waals surface area contributed by atoms with Gasteiger partial charge < -0.3 is 4.98 Å². The van der Waals surface area contributed by atoms with Crippen LogP contribution in [-0.4, -0.2) is 30.2 Å². The molecule has 2 aromatic carbocycles. The number of fused-ring (bicyclic) bond motifs is 1. The Morgan fingerprint density at radius 1 is 1.11 bits per heavy atom. The number of para-hydroxylation sites is 1. The van der Waals surface area contributed by atoms with Gasteiger partial charge in [0.2, 0.25) is 5.16 Å². The van der Waals surface area contributed by atoms with Crippen LogP contribution in [0.3, 0.4) is 0 Å². The van der Waals surface area contributed by atoms with Crippen LogP contribution in [0, 0.1) is 13.8 Å². The van der Waals surface area contributed by atoms with E-state index >= 15 is 0 Å². The number of tetrazole rings is 1. The third-order valence-electron chi connectivity index (χ3n) is 4.47. The molecule has 136 valence electrons. The molecule has 4 rings (SSSR count). The minimum absolute atomic E-state index is 0.126. The molecular weight excluding hydrogens is 360 g/mol. The van der Waals surface area contributed by atoms with Crippen LogP contribution < -0.4 is 5.56 Å². The Morgan fingerprint density at radius 2 is 1.93 bits per heavy atom. The van der Waals surface area contributed by atoms with E-state index < -0.39 is 0 Å². The number of nitrogens with one attached hydrogen (secondary N) is 1. The predicted octanol–water partition coefficient (Wildman–Crippen LogP) is 3.37. The molecule has 1 N–H and O–H groups in total. The van der Waals surface area contributed by atoms with Gasteiger partial charge in [-0.1, -0.05) is 30.0 Å². The van der Waals surface area contributed by atoms with Crippen molar-refractivity contribution in [3.8, 4) is 5.69 Å². The maximum atomic E-state index is 12.3. The highest BCUT2D eigenvalue weighted by molar-refractivity contribution is 7.99. The molecule has 0 aliphatic heterocycles. The number of hydrogen-bond donors (Lipinski definition) is 1. The van der Waals surface area contributed by atoms with Gasteiger partial charge in [0.05, 0.1) is 21.8 Å². The van der Waals surface area contributed by atoms with Gasteiger partial charge in [0.15, 0.2) is 0 Å². The van der Waals surface area contributed by atoms with Gasteiger partial charge in [-0.3, -0.25) is 4.79 Å². The molecule has 27 heavy (non-hydrogen) atoms. The largest absolute Gasteiger partial charge is 0.309 e. The molecule has 2 aromatic heterocycles. The lowest BCUT2D eigenvalue weighted by Gasteiger charge is -2.11. The van der Waals surface area contributed by atoms with Crippen molar-refractivity contribution < 1.29 is 0 Å². The third kappa shape index (κ3) is 3.35. The lowest BCUT2D eigenvalue weighted by atomic mass is 10.1. The van der Waals surface area contributed by atoms with E-state index in [4.69, 9.17) is 0 Å². The van der Waals surface area contributed by atoms with E-state index in [1.807, 2.05) is 37.3 Å². The summed E-state index contributed by atoms with van der Waals surface area (Å²) in [5, 5.41) is 13.2. The molecule has 0 saturated carbocycles. The number of hydrogen-bond acceptors (Lipinski definition) is 6. The summed E-state index contributed by atoms with van der Waals surface area (Å²) in [7, 11) is 0. The summed E-state index contributed by atoms with van der Waals surface area (Å²) in [4.78, 5) is 19.8. The molecule has 0 aliphatic carbocycles. The summed E-state index contributed by atoms with van der Waals surface area (Å²) in [5.74, 6) is 0.596. The van der Waals surface area contributed by atoms with Crippen LogP contribution in [-0.2, 0) is 0 Å². The molecule has 0 bridgehead atoms. The minimum Gasteiger partial charge on any atom is -0.309 e. The molecule has 2 heterocycles. The summed E-state index contributed by atoms with van der Waals surface area (Å²) in [6, 6.07) is 13.4. The van der Waals surface area contributed by atoms with Crippen LogP contribution >= 0.6 is 11.8 Å². The first-order valence-corrected chi connectivity index (χ1v) is 9.42. The normalized spacial score (nSPS) is 12.4. The third-order valence-corrected chi connectivity index (χ3v) is 5.52. The number of aromatic nitrogens is 6. The summed E-state index contributed by atoms with van der Waals surface area (Å²) < 4.78 is 1.70. The van der Waals surface area contributed by atoms with Crippen molar-refractivity contribution in [2.24, 2.45) is 0 Å². The van der Waals surface area contributed by atoms with Crippen LogP contribution in [0.4, 0.5) is 0 Å². The van der Waals surface area contributed by atoms with Gasteiger partial charge >= 0.3 is 0 Å². The van der Waals surface area contributed by atoms with Gasteiger partial charge in [-0.2, -0.15) is 4.68 Å². The molecule has 0 radical (unpaired) electrons. The first-order valence-electron chi connectivity index (χ1n) is 8.54. The molecule has 0 fully saturated rings. The van der Waals surface area contributed by atoms with Gasteiger partial charge in [0.25, 0.3) is 5.56 Å². The number of benzene rings is 2. The second-order valence-electron chi connectivity index (χ2n) is 6.37. The second-order valence-corrected chi connectivity index (χ2v) is 7.68. The van der Waals surface area contributed by atoms with Crippen LogP contribution in [0.2, 0.25) is 0 Å². The van der Waals surface area contributed by atoms with Crippen molar-refractivity contribution in [2.45, 2.75) is 31.2 Å². The van der Waals surface area contributed by atoms with Gasteiger partial charge in [0, 0.05) is 0 Å². The van der Waals surface area contributed by atoms with Crippen molar-refractivity contribution >= 4 is 22.7 Å². The molecule has 0 saturated heterocycles. The Balaban J connectivity index is 1.66. The molecule has 0 spiro atoms. The number of rotatable bonds is 4.